The summed E-state index contributed by atoms with van der Waals surface area (Å²) < 4.78 is 6.66. The van der Waals surface area contributed by atoms with Crippen molar-refractivity contribution in [3.8, 4) is 5.75 Å². The smallest absolute Gasteiger partial charge is 0.308 e. The Balaban J connectivity index is 1.43. The number of thiazole rings is 1. The number of ether oxygens (including phenoxy) is 1. The van der Waals surface area contributed by atoms with Crippen LogP contribution in [0.2, 0.25) is 0 Å². The Labute approximate surface area is 234 Å². The van der Waals surface area contributed by atoms with Gasteiger partial charge in [-0.25, -0.2) is 4.90 Å². The van der Waals surface area contributed by atoms with Gasteiger partial charge in [0, 0.05) is 41.6 Å². The van der Waals surface area contributed by atoms with Crippen LogP contribution in [0.25, 0.3) is 0 Å². The Morgan fingerprint density at radius 3 is 2.42 bits per heavy atom. The Bertz CT molecular complexity index is 1590. The van der Waals surface area contributed by atoms with Gasteiger partial charge in [-0.1, -0.05) is 41.3 Å². The number of carbonyl (C=O) groups is 3. The van der Waals surface area contributed by atoms with Gasteiger partial charge in [-0.05, 0) is 18.2 Å². The van der Waals surface area contributed by atoms with E-state index in [2.05, 4.69) is 0 Å². The topological polar surface area (TPSA) is 152 Å². The number of fused-ring (bicyclic) bond motifs is 2. The first kappa shape index (κ1) is 26.2. The number of aromatic nitrogens is 1. The predicted molar refractivity (Wildman–Crippen MR) is 145 cm³/mol. The highest BCUT2D eigenvalue weighted by atomic mass is 32.2. The Hall–Kier alpha value is -4.01. The van der Waals surface area contributed by atoms with Crippen LogP contribution in [0.5, 0.6) is 5.75 Å². The molecule has 6 rings (SSSR count). The number of thioether (sulfide) groups is 1. The van der Waals surface area contributed by atoms with Gasteiger partial charge < -0.3 is 14.7 Å². The number of benzene rings is 2. The highest BCUT2D eigenvalue weighted by molar-refractivity contribution is 8.00. The van der Waals surface area contributed by atoms with Gasteiger partial charge in [0.15, 0.2) is 0 Å². The van der Waals surface area contributed by atoms with Crippen molar-refractivity contribution in [3.05, 3.63) is 78.8 Å². The van der Waals surface area contributed by atoms with Crippen LogP contribution in [-0.4, -0.2) is 68.8 Å². The molecule has 40 heavy (non-hydrogen) atoms. The molecule has 12 nitrogen and oxygen atoms in total. The average molecular weight is 583 g/mol. The van der Waals surface area contributed by atoms with Crippen LogP contribution in [0.3, 0.4) is 0 Å². The summed E-state index contributed by atoms with van der Waals surface area (Å²) in [4.78, 5) is 67.2. The van der Waals surface area contributed by atoms with E-state index in [1.807, 2.05) is 0 Å². The molecule has 0 aliphatic carbocycles. The van der Waals surface area contributed by atoms with Crippen molar-refractivity contribution in [2.45, 2.75) is 22.7 Å². The lowest BCUT2D eigenvalue weighted by Crippen LogP contribution is -2.43. The SMILES string of the molecule is O=C(Cn1c2c(sc1=O)[C@@H](c1ccccc1O)[C@H]1C(=O)N(c3ccc([N+](=O)[O-])cc3)C(=O)[C@H]1S2)N1CCOCC1. The number of aromatic hydroxyl groups is 1. The second kappa shape index (κ2) is 10.2. The lowest BCUT2D eigenvalue weighted by molar-refractivity contribution is -0.384. The van der Waals surface area contributed by atoms with Gasteiger partial charge in [-0.2, -0.15) is 0 Å². The number of imide groups is 1. The number of nitro groups is 1. The average Bonchev–Trinajstić information content (AvgIpc) is 3.40. The summed E-state index contributed by atoms with van der Waals surface area (Å²) >= 11 is 1.96. The van der Waals surface area contributed by atoms with E-state index in [-0.39, 0.29) is 29.6 Å². The Kier molecular flexibility index (Phi) is 6.68. The molecule has 3 atom stereocenters. The maximum Gasteiger partial charge on any atom is 0.308 e. The Morgan fingerprint density at radius 1 is 1.05 bits per heavy atom. The molecule has 3 amide bonds. The van der Waals surface area contributed by atoms with E-state index >= 15 is 0 Å². The van der Waals surface area contributed by atoms with Crippen molar-refractivity contribution in [2.24, 2.45) is 5.92 Å². The van der Waals surface area contributed by atoms with E-state index in [1.54, 1.807) is 23.1 Å². The molecule has 0 spiro atoms. The van der Waals surface area contributed by atoms with Gasteiger partial charge >= 0.3 is 4.87 Å². The molecule has 0 bridgehead atoms. The largest absolute Gasteiger partial charge is 0.508 e. The summed E-state index contributed by atoms with van der Waals surface area (Å²) in [6.07, 6.45) is 0. The number of carbonyl (C=O) groups excluding carboxylic acids is 3. The number of non-ortho nitro benzene ring substituents is 1. The van der Waals surface area contributed by atoms with E-state index in [1.165, 1.54) is 34.9 Å². The standard InChI is InChI=1S/C26H22N4O8S2/c31-17-4-2-1-3-16(17)19-20-21(24(34)29(23(20)33)14-5-7-15(8-6-14)30(36)37)39-25-22(19)40-26(35)28(25)13-18(32)27-9-11-38-12-10-27/h1-8,19-21,31H,9-13H2/t19-,20+,21-/m0/s1. The first-order chi connectivity index (χ1) is 19.3. The molecule has 14 heteroatoms. The summed E-state index contributed by atoms with van der Waals surface area (Å²) in [6, 6.07) is 11.6. The maximum absolute atomic E-state index is 13.9. The van der Waals surface area contributed by atoms with Crippen molar-refractivity contribution in [1.29, 1.82) is 0 Å². The molecule has 206 valence electrons. The van der Waals surface area contributed by atoms with E-state index in [0.29, 0.717) is 41.8 Å². The van der Waals surface area contributed by atoms with Gasteiger partial charge in [0.05, 0.1) is 34.8 Å². The molecule has 3 aromatic rings. The molecule has 4 heterocycles. The van der Waals surface area contributed by atoms with Gasteiger partial charge in [-0.15, -0.1) is 0 Å². The van der Waals surface area contributed by atoms with Crippen molar-refractivity contribution in [1.82, 2.24) is 9.47 Å². The molecule has 0 radical (unpaired) electrons. The normalized spacial score (nSPS) is 22.2. The Morgan fingerprint density at radius 2 is 1.75 bits per heavy atom. The molecule has 2 fully saturated rings. The van der Waals surface area contributed by atoms with Gasteiger partial charge in [0.1, 0.15) is 17.5 Å². The monoisotopic (exact) mass is 582 g/mol. The van der Waals surface area contributed by atoms with Crippen LogP contribution < -0.4 is 9.77 Å². The number of phenolic OH excluding ortho intramolecular Hbond substituents is 1. The fourth-order valence-corrected chi connectivity index (χ4v) is 8.13. The van der Waals surface area contributed by atoms with E-state index < -0.39 is 38.7 Å². The number of anilines is 1. The summed E-state index contributed by atoms with van der Waals surface area (Å²) in [5.41, 5.74) is 0.395. The molecule has 0 saturated carbocycles. The third-order valence-electron chi connectivity index (χ3n) is 7.30. The van der Waals surface area contributed by atoms with Crippen molar-refractivity contribution >= 4 is 52.2 Å². The third kappa shape index (κ3) is 4.28. The van der Waals surface area contributed by atoms with E-state index in [4.69, 9.17) is 4.74 Å². The number of hydrogen-bond acceptors (Lipinski definition) is 10. The number of phenols is 1. The van der Waals surface area contributed by atoms with Crippen LogP contribution in [-0.2, 0) is 25.7 Å². The minimum Gasteiger partial charge on any atom is -0.508 e. The van der Waals surface area contributed by atoms with E-state index in [9.17, 15) is 34.4 Å². The zero-order valence-corrected chi connectivity index (χ0v) is 22.4. The lowest BCUT2D eigenvalue weighted by Gasteiger charge is -2.31. The molecule has 2 aromatic carbocycles. The van der Waals surface area contributed by atoms with Crippen molar-refractivity contribution in [2.75, 3.05) is 31.2 Å². The van der Waals surface area contributed by atoms with Crippen LogP contribution >= 0.6 is 23.1 Å². The first-order valence-corrected chi connectivity index (χ1v) is 14.1. The number of para-hydroxylation sites is 1. The van der Waals surface area contributed by atoms with Gasteiger partial charge in [0.25, 0.3) is 5.69 Å². The van der Waals surface area contributed by atoms with E-state index in [0.717, 1.165) is 28.0 Å². The quantitative estimate of drug-likeness (QED) is 0.271. The number of amides is 3. The maximum atomic E-state index is 13.9. The summed E-state index contributed by atoms with van der Waals surface area (Å²) in [5.74, 6) is -3.19. The number of nitro benzene ring substituents is 1. The number of morpholine rings is 1. The lowest BCUT2D eigenvalue weighted by atomic mass is 9.82. The minimum atomic E-state index is -0.949. The van der Waals surface area contributed by atoms with Gasteiger partial charge in [0.2, 0.25) is 17.7 Å². The first-order valence-electron chi connectivity index (χ1n) is 12.4. The van der Waals surface area contributed by atoms with Gasteiger partial charge in [-0.3, -0.25) is 33.9 Å². The minimum absolute atomic E-state index is 0.0880. The molecule has 0 unspecified atom stereocenters. The second-order valence-corrected chi connectivity index (χ2v) is 11.6. The molecule has 2 saturated heterocycles. The van der Waals surface area contributed by atoms with Crippen LogP contribution in [0.4, 0.5) is 11.4 Å². The highest BCUT2D eigenvalue weighted by Crippen LogP contribution is 2.55. The number of nitrogens with zero attached hydrogens (tertiary/aromatic N) is 4. The predicted octanol–water partition coefficient (Wildman–Crippen LogP) is 2.18. The van der Waals surface area contributed by atoms with Crippen molar-refractivity contribution < 1.29 is 29.2 Å². The second-order valence-electron chi connectivity index (χ2n) is 9.50. The van der Waals surface area contributed by atoms with Crippen LogP contribution in [0.1, 0.15) is 16.4 Å². The summed E-state index contributed by atoms with van der Waals surface area (Å²) in [5, 5.41) is 21.4. The molecule has 3 aliphatic heterocycles. The fourth-order valence-electron chi connectivity index (χ4n) is 5.37. The zero-order valence-electron chi connectivity index (χ0n) is 20.8. The molecular formula is C26H22N4O8S2. The zero-order chi connectivity index (χ0) is 28.1. The fraction of sp³-hybridized carbons (Fsp3) is 0.308. The number of hydrogen-bond donors (Lipinski definition) is 1. The third-order valence-corrected chi connectivity index (χ3v) is 9.90. The van der Waals surface area contributed by atoms with Crippen molar-refractivity contribution in [3.63, 3.8) is 0 Å². The summed E-state index contributed by atoms with van der Waals surface area (Å²) in [6.45, 7) is 1.42. The molecular weight excluding hydrogens is 560 g/mol. The molecule has 1 N–H and O–H groups in total. The van der Waals surface area contributed by atoms with Crippen LogP contribution in [0.15, 0.2) is 58.4 Å². The molecule has 3 aliphatic rings. The molecule has 1 aromatic heterocycles. The number of rotatable bonds is 5. The van der Waals surface area contributed by atoms with Crippen LogP contribution in [0, 0.1) is 16.0 Å². The summed E-state index contributed by atoms with van der Waals surface area (Å²) in [7, 11) is 0. The highest BCUT2D eigenvalue weighted by Gasteiger charge is 2.57.